The smallest absolute Gasteiger partial charge is 0.304 e. The third-order valence-electron chi connectivity index (χ3n) is 6.72. The number of phenolic OH excluding ortho intramolecular Hbond substituents is 1. The van der Waals surface area contributed by atoms with Gasteiger partial charge in [-0.05, 0) is 60.3 Å². The van der Waals surface area contributed by atoms with Gasteiger partial charge in [-0.2, -0.15) is 0 Å². The van der Waals surface area contributed by atoms with Gasteiger partial charge >= 0.3 is 5.97 Å². The zero-order chi connectivity index (χ0) is 22.0. The summed E-state index contributed by atoms with van der Waals surface area (Å²) in [6, 6.07) is 11.6. The van der Waals surface area contributed by atoms with Gasteiger partial charge in [0.15, 0.2) is 0 Å². The number of aliphatic carboxylic acids is 1. The van der Waals surface area contributed by atoms with E-state index in [0.29, 0.717) is 18.5 Å². The maximum absolute atomic E-state index is 10.5. The van der Waals surface area contributed by atoms with E-state index < -0.39 is 5.97 Å². The molecule has 2 atom stereocenters. The van der Waals surface area contributed by atoms with Gasteiger partial charge in [-0.15, -0.1) is 0 Å². The molecular weight excluding hydrogens is 392 g/mol. The molecule has 166 valence electrons. The Morgan fingerprint density at radius 3 is 2.74 bits per heavy atom. The van der Waals surface area contributed by atoms with Crippen molar-refractivity contribution in [3.05, 3.63) is 58.7 Å². The minimum absolute atomic E-state index is 0.0672. The molecule has 2 heterocycles. The topological polar surface area (TPSA) is 76.0 Å². The van der Waals surface area contributed by atoms with E-state index in [0.717, 1.165) is 12.2 Å². The highest BCUT2D eigenvalue weighted by Gasteiger charge is 2.36. The largest absolute Gasteiger partial charge is 0.508 e. The predicted molar refractivity (Wildman–Crippen MR) is 119 cm³/mol. The van der Waals surface area contributed by atoms with Crippen molar-refractivity contribution in [1.82, 2.24) is 0 Å². The lowest BCUT2D eigenvalue weighted by atomic mass is 9.76. The number of hydrogen-bond acceptors (Lipinski definition) is 4. The summed E-state index contributed by atoms with van der Waals surface area (Å²) in [5.41, 5.74) is 5.78. The molecule has 2 N–H and O–H groups in total. The summed E-state index contributed by atoms with van der Waals surface area (Å²) in [5, 5.41) is 17.8. The highest BCUT2D eigenvalue weighted by atomic mass is 16.5. The minimum Gasteiger partial charge on any atom is -0.508 e. The van der Waals surface area contributed by atoms with Gasteiger partial charge in [0, 0.05) is 24.2 Å². The Bertz CT molecular complexity index is 949. The molecule has 31 heavy (non-hydrogen) atoms. The number of carboxylic acids is 1. The van der Waals surface area contributed by atoms with Crippen LogP contribution in [0.1, 0.15) is 73.8 Å². The lowest BCUT2D eigenvalue weighted by Crippen LogP contribution is -2.30. The van der Waals surface area contributed by atoms with Crippen LogP contribution in [-0.2, 0) is 22.4 Å². The Kier molecular flexibility index (Phi) is 6.24. The SMILES string of the molecule is CC1(C)CCCO[C@H]1c1cccc2c1CCC2.O=C(O)CC1COc2cc(O)ccc21. The number of aromatic hydroxyl groups is 1. The average Bonchev–Trinajstić information content (AvgIpc) is 3.35. The van der Waals surface area contributed by atoms with Gasteiger partial charge in [-0.3, -0.25) is 4.79 Å². The Labute approximate surface area is 184 Å². The van der Waals surface area contributed by atoms with E-state index in [2.05, 4.69) is 32.0 Å². The fraction of sp³-hybridized carbons (Fsp3) is 0.500. The van der Waals surface area contributed by atoms with E-state index >= 15 is 0 Å². The summed E-state index contributed by atoms with van der Waals surface area (Å²) in [6.07, 6.45) is 6.69. The minimum atomic E-state index is -0.834. The molecule has 5 nitrogen and oxygen atoms in total. The van der Waals surface area contributed by atoms with Crippen LogP contribution in [0.15, 0.2) is 36.4 Å². The molecule has 2 aromatic rings. The zero-order valence-corrected chi connectivity index (χ0v) is 18.4. The quantitative estimate of drug-likeness (QED) is 0.690. The number of rotatable bonds is 3. The third kappa shape index (κ3) is 4.72. The fourth-order valence-corrected chi connectivity index (χ4v) is 5.14. The molecule has 0 aromatic heterocycles. The molecule has 5 rings (SSSR count). The van der Waals surface area contributed by atoms with Crippen LogP contribution < -0.4 is 4.74 Å². The lowest BCUT2D eigenvalue weighted by molar-refractivity contribution is -0.137. The summed E-state index contributed by atoms with van der Waals surface area (Å²) in [7, 11) is 0. The Morgan fingerprint density at radius 1 is 1.13 bits per heavy atom. The maximum atomic E-state index is 10.5. The van der Waals surface area contributed by atoms with Gasteiger partial charge in [0.1, 0.15) is 11.5 Å². The van der Waals surface area contributed by atoms with Crippen molar-refractivity contribution in [3.63, 3.8) is 0 Å². The fourth-order valence-electron chi connectivity index (χ4n) is 5.14. The second-order valence-electron chi connectivity index (χ2n) is 9.51. The highest BCUT2D eigenvalue weighted by molar-refractivity contribution is 5.68. The second kappa shape index (κ2) is 8.91. The first-order valence-electron chi connectivity index (χ1n) is 11.2. The number of benzene rings is 2. The number of phenols is 1. The van der Waals surface area contributed by atoms with Crippen molar-refractivity contribution in [2.24, 2.45) is 5.41 Å². The Balaban J connectivity index is 0.000000152. The van der Waals surface area contributed by atoms with Crippen molar-refractivity contribution in [3.8, 4) is 11.5 Å². The summed E-state index contributed by atoms with van der Waals surface area (Å²) >= 11 is 0. The number of carboxylic acid groups (broad SMARTS) is 1. The lowest BCUT2D eigenvalue weighted by Gasteiger charge is -2.39. The number of carbonyl (C=O) groups is 1. The first kappa shape index (κ1) is 21.7. The molecule has 0 spiro atoms. The molecule has 0 bridgehead atoms. The summed E-state index contributed by atoms with van der Waals surface area (Å²) in [5.74, 6) is -0.196. The number of ether oxygens (including phenoxy) is 2. The molecule has 3 aliphatic rings. The van der Waals surface area contributed by atoms with Crippen LogP contribution in [0.5, 0.6) is 11.5 Å². The van der Waals surface area contributed by atoms with Crippen LogP contribution in [0.3, 0.4) is 0 Å². The number of hydrogen-bond donors (Lipinski definition) is 2. The van der Waals surface area contributed by atoms with Gasteiger partial charge in [-0.1, -0.05) is 38.1 Å². The van der Waals surface area contributed by atoms with E-state index in [1.807, 2.05) is 0 Å². The van der Waals surface area contributed by atoms with Crippen LogP contribution in [0, 0.1) is 5.41 Å². The van der Waals surface area contributed by atoms with Crippen LogP contribution in [0.2, 0.25) is 0 Å². The van der Waals surface area contributed by atoms with Gasteiger partial charge in [0.2, 0.25) is 0 Å². The summed E-state index contributed by atoms with van der Waals surface area (Å²) in [4.78, 5) is 10.5. The van der Waals surface area contributed by atoms with Crippen LogP contribution in [0.25, 0.3) is 0 Å². The molecule has 0 amide bonds. The molecule has 1 aliphatic carbocycles. The van der Waals surface area contributed by atoms with Crippen molar-refractivity contribution in [1.29, 1.82) is 0 Å². The normalized spacial score (nSPS) is 23.2. The van der Waals surface area contributed by atoms with Gasteiger partial charge in [-0.25, -0.2) is 0 Å². The van der Waals surface area contributed by atoms with Crippen molar-refractivity contribution >= 4 is 5.97 Å². The summed E-state index contributed by atoms with van der Waals surface area (Å²) < 4.78 is 11.4. The molecule has 1 unspecified atom stereocenters. The standard InChI is InChI=1S/C16H22O.C10H10O4/c1-16(2)10-5-11-17-15(16)14-9-4-7-12-6-3-8-13(12)14;11-7-1-2-8-6(3-10(12)13)5-14-9(8)4-7/h4,7,9,15H,3,5-6,8,10-11H2,1-2H3;1-2,4,6,11H,3,5H2,(H,12,13)/t15-;/m0./s1. The molecular formula is C26H32O5. The van der Waals surface area contributed by atoms with Crippen molar-refractivity contribution in [2.75, 3.05) is 13.2 Å². The molecule has 2 aliphatic heterocycles. The molecule has 0 saturated carbocycles. The van der Waals surface area contributed by atoms with E-state index in [9.17, 15) is 4.79 Å². The number of fused-ring (bicyclic) bond motifs is 2. The highest BCUT2D eigenvalue weighted by Crippen LogP contribution is 2.46. The van der Waals surface area contributed by atoms with Gasteiger partial charge in [0.05, 0.1) is 19.1 Å². The van der Waals surface area contributed by atoms with Gasteiger partial charge < -0.3 is 19.7 Å². The molecule has 0 radical (unpaired) electrons. The van der Waals surface area contributed by atoms with Crippen LogP contribution in [-0.4, -0.2) is 29.4 Å². The first-order chi connectivity index (χ1) is 14.8. The average molecular weight is 425 g/mol. The Morgan fingerprint density at radius 2 is 1.97 bits per heavy atom. The van der Waals surface area contributed by atoms with Crippen molar-refractivity contribution < 1.29 is 24.5 Å². The van der Waals surface area contributed by atoms with E-state index in [1.54, 1.807) is 23.3 Å². The first-order valence-corrected chi connectivity index (χ1v) is 11.2. The third-order valence-corrected chi connectivity index (χ3v) is 6.72. The van der Waals surface area contributed by atoms with Crippen LogP contribution in [0.4, 0.5) is 0 Å². The zero-order valence-electron chi connectivity index (χ0n) is 18.4. The molecule has 5 heteroatoms. The maximum Gasteiger partial charge on any atom is 0.304 e. The van der Waals surface area contributed by atoms with E-state index in [4.69, 9.17) is 19.7 Å². The molecule has 2 aromatic carbocycles. The van der Waals surface area contributed by atoms with Crippen molar-refractivity contribution in [2.45, 2.75) is 64.4 Å². The van der Waals surface area contributed by atoms with Crippen LogP contribution >= 0.6 is 0 Å². The van der Waals surface area contributed by atoms with Gasteiger partial charge in [0.25, 0.3) is 0 Å². The summed E-state index contributed by atoms with van der Waals surface area (Å²) in [6.45, 7) is 6.01. The van der Waals surface area contributed by atoms with E-state index in [1.165, 1.54) is 43.7 Å². The van der Waals surface area contributed by atoms with E-state index in [-0.39, 0.29) is 23.5 Å². The monoisotopic (exact) mass is 424 g/mol. The molecule has 1 saturated heterocycles. The Hall–Kier alpha value is -2.53. The number of aryl methyl sites for hydroxylation is 1. The predicted octanol–water partition coefficient (Wildman–Crippen LogP) is 5.40. The molecule has 1 fully saturated rings. The second-order valence-corrected chi connectivity index (χ2v) is 9.51.